The van der Waals surface area contributed by atoms with E-state index in [1.807, 2.05) is 27.7 Å². The van der Waals surface area contributed by atoms with Crippen molar-refractivity contribution in [1.82, 2.24) is 0 Å². The highest BCUT2D eigenvalue weighted by Gasteiger charge is 2.14. The molecule has 0 saturated carbocycles. The first kappa shape index (κ1) is 12.5. The second kappa shape index (κ2) is 5.28. The lowest BCUT2D eigenvalue weighted by Crippen LogP contribution is -2.22. The van der Waals surface area contributed by atoms with Crippen molar-refractivity contribution >= 4 is 17.6 Å². The maximum Gasteiger partial charge on any atom is 0.331 e. The van der Waals surface area contributed by atoms with Crippen molar-refractivity contribution < 1.29 is 9.53 Å². The summed E-state index contributed by atoms with van der Waals surface area (Å²) in [6.45, 7) is 7.40. The molecule has 76 valence electrons. The summed E-state index contributed by atoms with van der Waals surface area (Å²) in [5.41, 5.74) is 0.527. The fourth-order valence-electron chi connectivity index (χ4n) is 0.754. The number of halogens is 1. The van der Waals surface area contributed by atoms with Crippen LogP contribution in [-0.4, -0.2) is 17.5 Å². The van der Waals surface area contributed by atoms with Gasteiger partial charge in [0.25, 0.3) is 0 Å². The number of carbonyl (C=O) groups is 1. The lowest BCUT2D eigenvalue weighted by Gasteiger charge is -2.18. The van der Waals surface area contributed by atoms with Gasteiger partial charge in [0, 0.05) is 12.0 Å². The molecule has 0 aromatic carbocycles. The second-order valence-corrected chi connectivity index (χ2v) is 4.34. The zero-order valence-electron chi connectivity index (χ0n) is 8.69. The van der Waals surface area contributed by atoms with Crippen LogP contribution < -0.4 is 0 Å². The third-order valence-electron chi connectivity index (χ3n) is 1.26. The normalized spacial score (nSPS) is 12.8. The Bertz CT molecular complexity index is 201. The topological polar surface area (TPSA) is 26.3 Å². The standard InChI is InChI=1S/C10H17ClO2/c1-8(5-6-11)7-9(12)13-10(2,3)4/h7H,5-6H2,1-4H3/b8-7-. The van der Waals surface area contributed by atoms with Crippen LogP contribution >= 0.6 is 11.6 Å². The summed E-state index contributed by atoms with van der Waals surface area (Å²) in [5.74, 6) is 0.237. The van der Waals surface area contributed by atoms with Crippen molar-refractivity contribution in [3.63, 3.8) is 0 Å². The van der Waals surface area contributed by atoms with Gasteiger partial charge in [0.05, 0.1) is 0 Å². The molecule has 0 bridgehead atoms. The number of carbonyl (C=O) groups excluding carboxylic acids is 1. The van der Waals surface area contributed by atoms with Crippen LogP contribution in [0.4, 0.5) is 0 Å². The Balaban J connectivity index is 4.07. The van der Waals surface area contributed by atoms with Gasteiger partial charge in [-0.2, -0.15) is 0 Å². The molecule has 0 heterocycles. The third-order valence-corrected chi connectivity index (χ3v) is 1.45. The maximum absolute atomic E-state index is 11.2. The highest BCUT2D eigenvalue weighted by molar-refractivity contribution is 6.18. The van der Waals surface area contributed by atoms with Crippen molar-refractivity contribution in [2.24, 2.45) is 0 Å². The zero-order chi connectivity index (χ0) is 10.5. The monoisotopic (exact) mass is 204 g/mol. The van der Waals surface area contributed by atoms with Crippen molar-refractivity contribution in [3.05, 3.63) is 11.6 Å². The first-order chi connectivity index (χ1) is 5.85. The number of rotatable bonds is 3. The molecule has 3 heteroatoms. The molecule has 0 rings (SSSR count). The van der Waals surface area contributed by atoms with Crippen LogP contribution in [0.25, 0.3) is 0 Å². The van der Waals surface area contributed by atoms with E-state index in [9.17, 15) is 4.79 Å². The van der Waals surface area contributed by atoms with Gasteiger partial charge in [-0.1, -0.05) is 5.57 Å². The van der Waals surface area contributed by atoms with Crippen LogP contribution in [0.3, 0.4) is 0 Å². The average molecular weight is 205 g/mol. The molecule has 0 aliphatic heterocycles. The molecular weight excluding hydrogens is 188 g/mol. The lowest BCUT2D eigenvalue weighted by atomic mass is 10.2. The molecule has 0 N–H and O–H groups in total. The molecule has 0 amide bonds. The minimum atomic E-state index is -0.422. The number of esters is 1. The Labute approximate surface area is 84.9 Å². The second-order valence-electron chi connectivity index (χ2n) is 3.96. The number of hydrogen-bond donors (Lipinski definition) is 0. The summed E-state index contributed by atoms with van der Waals surface area (Å²) in [6.07, 6.45) is 2.22. The highest BCUT2D eigenvalue weighted by atomic mass is 35.5. The third kappa shape index (κ3) is 7.85. The number of alkyl halides is 1. The van der Waals surface area contributed by atoms with Crippen LogP contribution in [0, 0.1) is 0 Å². The van der Waals surface area contributed by atoms with Gasteiger partial charge in [0.15, 0.2) is 0 Å². The van der Waals surface area contributed by atoms with Gasteiger partial charge < -0.3 is 4.74 Å². The summed E-state index contributed by atoms with van der Waals surface area (Å²) in [7, 11) is 0. The quantitative estimate of drug-likeness (QED) is 0.402. The summed E-state index contributed by atoms with van der Waals surface area (Å²) in [4.78, 5) is 11.2. The minimum Gasteiger partial charge on any atom is -0.457 e. The molecule has 0 atom stereocenters. The van der Waals surface area contributed by atoms with Crippen molar-refractivity contribution in [2.45, 2.75) is 39.7 Å². The molecule has 0 unspecified atom stereocenters. The molecule has 0 aromatic heterocycles. The molecular formula is C10H17ClO2. The molecule has 0 fully saturated rings. The Kier molecular flexibility index (Phi) is 5.07. The Morgan fingerprint density at radius 3 is 2.38 bits per heavy atom. The summed E-state index contributed by atoms with van der Waals surface area (Å²) >= 11 is 5.52. The largest absolute Gasteiger partial charge is 0.457 e. The molecule has 0 spiro atoms. The molecule has 0 aromatic rings. The van der Waals surface area contributed by atoms with E-state index in [-0.39, 0.29) is 5.97 Å². The van der Waals surface area contributed by atoms with E-state index in [1.165, 1.54) is 6.08 Å². The number of hydrogen-bond acceptors (Lipinski definition) is 2. The molecule has 0 radical (unpaired) electrons. The van der Waals surface area contributed by atoms with Crippen molar-refractivity contribution in [1.29, 1.82) is 0 Å². The first-order valence-corrected chi connectivity index (χ1v) is 4.85. The van der Waals surface area contributed by atoms with Crippen LogP contribution in [0.15, 0.2) is 11.6 Å². The number of allylic oxidation sites excluding steroid dienone is 1. The minimum absolute atomic E-state index is 0.296. The molecule has 2 nitrogen and oxygen atoms in total. The summed E-state index contributed by atoms with van der Waals surface area (Å²) < 4.78 is 5.10. The van der Waals surface area contributed by atoms with Gasteiger partial charge in [0.1, 0.15) is 5.60 Å². The predicted octanol–water partition coefficient (Wildman–Crippen LogP) is 2.90. The van der Waals surface area contributed by atoms with Crippen molar-refractivity contribution in [2.75, 3.05) is 5.88 Å². The summed E-state index contributed by atoms with van der Waals surface area (Å²) in [5, 5.41) is 0. The Hall–Kier alpha value is -0.500. The predicted molar refractivity (Wildman–Crippen MR) is 54.9 cm³/mol. The Morgan fingerprint density at radius 1 is 1.46 bits per heavy atom. The van der Waals surface area contributed by atoms with E-state index < -0.39 is 5.60 Å². The first-order valence-electron chi connectivity index (χ1n) is 4.31. The van der Waals surface area contributed by atoms with E-state index in [1.54, 1.807) is 0 Å². The molecule has 0 saturated heterocycles. The highest BCUT2D eigenvalue weighted by Crippen LogP contribution is 2.09. The fraction of sp³-hybridized carbons (Fsp3) is 0.700. The smallest absolute Gasteiger partial charge is 0.331 e. The Morgan fingerprint density at radius 2 is 2.00 bits per heavy atom. The number of ether oxygens (including phenoxy) is 1. The van der Waals surface area contributed by atoms with E-state index in [0.29, 0.717) is 5.88 Å². The van der Waals surface area contributed by atoms with Crippen LogP contribution in [-0.2, 0) is 9.53 Å². The van der Waals surface area contributed by atoms with Gasteiger partial charge in [-0.15, -0.1) is 11.6 Å². The maximum atomic E-state index is 11.2. The van der Waals surface area contributed by atoms with Gasteiger partial charge in [-0.3, -0.25) is 0 Å². The van der Waals surface area contributed by atoms with E-state index in [4.69, 9.17) is 16.3 Å². The van der Waals surface area contributed by atoms with Crippen LogP contribution in [0.5, 0.6) is 0 Å². The van der Waals surface area contributed by atoms with Gasteiger partial charge in [0.2, 0.25) is 0 Å². The fourth-order valence-corrected chi connectivity index (χ4v) is 1.05. The van der Waals surface area contributed by atoms with Gasteiger partial charge in [-0.25, -0.2) is 4.79 Å². The molecule has 0 aliphatic rings. The lowest BCUT2D eigenvalue weighted by molar-refractivity contribution is -0.148. The van der Waals surface area contributed by atoms with E-state index in [0.717, 1.165) is 12.0 Å². The molecule has 0 aliphatic carbocycles. The van der Waals surface area contributed by atoms with Gasteiger partial charge in [-0.05, 0) is 34.1 Å². The zero-order valence-corrected chi connectivity index (χ0v) is 9.44. The van der Waals surface area contributed by atoms with E-state index >= 15 is 0 Å². The van der Waals surface area contributed by atoms with Crippen LogP contribution in [0.1, 0.15) is 34.1 Å². The molecule has 13 heavy (non-hydrogen) atoms. The van der Waals surface area contributed by atoms with Gasteiger partial charge >= 0.3 is 5.97 Å². The SMILES string of the molecule is C/C(=C/C(=O)OC(C)(C)C)CCCl. The van der Waals surface area contributed by atoms with Crippen LogP contribution in [0.2, 0.25) is 0 Å². The average Bonchev–Trinajstić information content (AvgIpc) is 1.81. The van der Waals surface area contributed by atoms with E-state index in [2.05, 4.69) is 0 Å². The van der Waals surface area contributed by atoms with Crippen molar-refractivity contribution in [3.8, 4) is 0 Å². The summed E-state index contributed by atoms with van der Waals surface area (Å²) in [6, 6.07) is 0.